The van der Waals surface area contributed by atoms with Gasteiger partial charge < -0.3 is 10.7 Å². The van der Waals surface area contributed by atoms with Crippen LogP contribution in [0.3, 0.4) is 0 Å². The molecule has 3 aromatic rings. The number of hydrogen-bond donors (Lipinski definition) is 4. The van der Waals surface area contributed by atoms with Gasteiger partial charge in [0.2, 0.25) is 0 Å². The molecule has 0 radical (unpaired) electrons. The summed E-state index contributed by atoms with van der Waals surface area (Å²) in [5.41, 5.74) is 5.65. The van der Waals surface area contributed by atoms with Crippen molar-refractivity contribution in [1.29, 1.82) is 0 Å². The fourth-order valence-corrected chi connectivity index (χ4v) is 2.46. The first-order chi connectivity index (χ1) is 8.54. The van der Waals surface area contributed by atoms with Crippen molar-refractivity contribution in [3.05, 3.63) is 26.5 Å². The van der Waals surface area contributed by atoms with E-state index in [1.807, 2.05) is 0 Å². The molecule has 3 rings (SSSR count). The van der Waals surface area contributed by atoms with Gasteiger partial charge in [-0.15, -0.1) is 0 Å². The standard InChI is InChI=1S/C9H8N6O2S/c1-2-4(18-8(10)11-2)6-12-3-5(13-6)14-9(17)15-7(3)16/h1H3,(H2,10,11)(H3,12,13,14,15,16,17). The SMILES string of the molecule is Cc1nc(N)sc1-c1nc2[nH]c(=O)[nH]c(=O)c2[nH]1. The molecule has 0 atom stereocenters. The lowest BCUT2D eigenvalue weighted by Crippen LogP contribution is -2.21. The van der Waals surface area contributed by atoms with Crippen LogP contribution in [0.5, 0.6) is 0 Å². The van der Waals surface area contributed by atoms with Gasteiger partial charge in [0.15, 0.2) is 16.6 Å². The zero-order valence-electron chi connectivity index (χ0n) is 9.20. The summed E-state index contributed by atoms with van der Waals surface area (Å²) in [4.78, 5) is 39.1. The first-order valence-corrected chi connectivity index (χ1v) is 5.82. The van der Waals surface area contributed by atoms with E-state index in [4.69, 9.17) is 5.73 Å². The molecule has 5 N–H and O–H groups in total. The summed E-state index contributed by atoms with van der Waals surface area (Å²) in [5, 5.41) is 0.422. The van der Waals surface area contributed by atoms with E-state index in [1.54, 1.807) is 6.92 Å². The van der Waals surface area contributed by atoms with Crippen LogP contribution in [0.25, 0.3) is 21.9 Å². The van der Waals surface area contributed by atoms with Crippen LogP contribution in [-0.2, 0) is 0 Å². The third-order valence-electron chi connectivity index (χ3n) is 2.42. The Labute approximate surface area is 103 Å². The van der Waals surface area contributed by atoms with Crippen LogP contribution in [0.4, 0.5) is 5.13 Å². The van der Waals surface area contributed by atoms with Gasteiger partial charge in [-0.25, -0.2) is 14.8 Å². The Balaban J connectivity index is 2.32. The number of hydrogen-bond acceptors (Lipinski definition) is 6. The summed E-state index contributed by atoms with van der Waals surface area (Å²) in [5.74, 6) is 0.462. The molecule has 0 unspecified atom stereocenters. The Morgan fingerprint density at radius 2 is 1.94 bits per heavy atom. The number of aromatic nitrogens is 5. The fraction of sp³-hybridized carbons (Fsp3) is 0.111. The Bertz CT molecular complexity index is 854. The van der Waals surface area contributed by atoms with Crippen molar-refractivity contribution in [2.24, 2.45) is 0 Å². The predicted octanol–water partition coefficient (Wildman–Crippen LogP) is -0.0464. The smallest absolute Gasteiger partial charge is 0.327 e. The molecule has 0 saturated heterocycles. The van der Waals surface area contributed by atoms with Crippen molar-refractivity contribution in [1.82, 2.24) is 24.9 Å². The Hall–Kier alpha value is -2.42. The third kappa shape index (κ3) is 1.52. The molecule has 0 bridgehead atoms. The molecule has 0 aliphatic heterocycles. The van der Waals surface area contributed by atoms with Crippen molar-refractivity contribution in [2.45, 2.75) is 6.92 Å². The second-order valence-corrected chi connectivity index (χ2v) is 4.71. The molecule has 0 aliphatic rings. The largest absolute Gasteiger partial charge is 0.375 e. The highest BCUT2D eigenvalue weighted by Gasteiger charge is 2.14. The Morgan fingerprint density at radius 1 is 1.17 bits per heavy atom. The highest BCUT2D eigenvalue weighted by atomic mass is 32.1. The van der Waals surface area contributed by atoms with Crippen molar-refractivity contribution >= 4 is 27.6 Å². The van der Waals surface area contributed by atoms with Crippen molar-refractivity contribution in [3.63, 3.8) is 0 Å². The van der Waals surface area contributed by atoms with E-state index in [0.29, 0.717) is 11.0 Å². The van der Waals surface area contributed by atoms with Gasteiger partial charge in [0, 0.05) is 0 Å². The maximum atomic E-state index is 11.6. The number of aryl methyl sites for hydroxylation is 1. The molecule has 0 saturated carbocycles. The molecule has 18 heavy (non-hydrogen) atoms. The number of nitrogen functional groups attached to an aromatic ring is 1. The minimum Gasteiger partial charge on any atom is -0.375 e. The lowest BCUT2D eigenvalue weighted by atomic mass is 10.4. The van der Waals surface area contributed by atoms with Crippen molar-refractivity contribution < 1.29 is 0 Å². The molecule has 8 nitrogen and oxygen atoms in total. The number of thiazole rings is 1. The lowest BCUT2D eigenvalue weighted by Gasteiger charge is -1.89. The number of rotatable bonds is 1. The highest BCUT2D eigenvalue weighted by molar-refractivity contribution is 7.18. The van der Waals surface area contributed by atoms with E-state index in [-0.39, 0.29) is 11.2 Å². The first-order valence-electron chi connectivity index (χ1n) is 5.00. The molecular weight excluding hydrogens is 256 g/mol. The van der Waals surface area contributed by atoms with Crippen molar-refractivity contribution in [3.8, 4) is 10.7 Å². The molecule has 9 heteroatoms. The van der Waals surface area contributed by atoms with Gasteiger partial charge in [-0.05, 0) is 6.92 Å². The zero-order valence-corrected chi connectivity index (χ0v) is 10.0. The number of nitrogens with one attached hydrogen (secondary N) is 3. The van der Waals surface area contributed by atoms with Crippen molar-refractivity contribution in [2.75, 3.05) is 5.73 Å². The van der Waals surface area contributed by atoms with E-state index < -0.39 is 11.2 Å². The van der Waals surface area contributed by atoms with Gasteiger partial charge in [-0.3, -0.25) is 14.8 Å². The predicted molar refractivity (Wildman–Crippen MR) is 67.6 cm³/mol. The molecule has 0 fully saturated rings. The Morgan fingerprint density at radius 3 is 2.61 bits per heavy atom. The number of imidazole rings is 1. The van der Waals surface area contributed by atoms with E-state index in [1.165, 1.54) is 11.3 Å². The molecule has 0 amide bonds. The average Bonchev–Trinajstić information content (AvgIpc) is 2.81. The third-order valence-corrected chi connectivity index (χ3v) is 3.41. The molecule has 0 aliphatic carbocycles. The number of aromatic amines is 3. The summed E-state index contributed by atoms with van der Waals surface area (Å²) in [6.07, 6.45) is 0. The van der Waals surface area contributed by atoms with Gasteiger partial charge in [-0.1, -0.05) is 11.3 Å². The van der Waals surface area contributed by atoms with Gasteiger partial charge in [0.1, 0.15) is 5.52 Å². The quantitative estimate of drug-likeness (QED) is 0.489. The summed E-state index contributed by atoms with van der Waals surface area (Å²) in [7, 11) is 0. The number of nitrogens with zero attached hydrogens (tertiary/aromatic N) is 2. The normalized spacial score (nSPS) is 11.2. The minimum atomic E-state index is -0.592. The molecule has 3 heterocycles. The molecule has 0 spiro atoms. The van der Waals surface area contributed by atoms with Crippen LogP contribution >= 0.6 is 11.3 Å². The molecule has 0 aromatic carbocycles. The van der Waals surface area contributed by atoms with Gasteiger partial charge in [0.05, 0.1) is 10.6 Å². The number of anilines is 1. The topological polar surface area (TPSA) is 133 Å². The number of fused-ring (bicyclic) bond motifs is 1. The van der Waals surface area contributed by atoms with Crippen LogP contribution in [0, 0.1) is 6.92 Å². The Kier molecular flexibility index (Phi) is 2.10. The van der Waals surface area contributed by atoms with E-state index in [0.717, 1.165) is 10.6 Å². The second kappa shape index (κ2) is 3.53. The van der Waals surface area contributed by atoms with Crippen LogP contribution < -0.4 is 17.0 Å². The van der Waals surface area contributed by atoms with Crippen LogP contribution in [0.2, 0.25) is 0 Å². The monoisotopic (exact) mass is 264 g/mol. The molecular formula is C9H8N6O2S. The van der Waals surface area contributed by atoms with Crippen LogP contribution in [0.15, 0.2) is 9.59 Å². The molecule has 3 aromatic heterocycles. The van der Waals surface area contributed by atoms with Gasteiger partial charge in [0.25, 0.3) is 5.56 Å². The summed E-state index contributed by atoms with van der Waals surface area (Å²) < 4.78 is 0. The fourth-order valence-electron chi connectivity index (χ4n) is 1.68. The summed E-state index contributed by atoms with van der Waals surface area (Å²) in [6, 6.07) is 0. The maximum absolute atomic E-state index is 11.6. The van der Waals surface area contributed by atoms with E-state index in [9.17, 15) is 9.59 Å². The highest BCUT2D eigenvalue weighted by Crippen LogP contribution is 2.29. The minimum absolute atomic E-state index is 0.213. The van der Waals surface area contributed by atoms with Crippen LogP contribution in [0.1, 0.15) is 5.69 Å². The second-order valence-electron chi connectivity index (χ2n) is 3.68. The van der Waals surface area contributed by atoms with Gasteiger partial charge >= 0.3 is 5.69 Å². The number of H-pyrrole nitrogens is 3. The zero-order chi connectivity index (χ0) is 12.9. The van der Waals surface area contributed by atoms with E-state index in [2.05, 4.69) is 24.9 Å². The average molecular weight is 264 g/mol. The van der Waals surface area contributed by atoms with E-state index >= 15 is 0 Å². The molecule has 92 valence electrons. The number of nitrogens with two attached hydrogens (primary N) is 1. The lowest BCUT2D eigenvalue weighted by molar-refractivity contribution is 1.07. The maximum Gasteiger partial charge on any atom is 0.327 e. The van der Waals surface area contributed by atoms with Crippen LogP contribution in [-0.4, -0.2) is 24.9 Å². The first kappa shape index (κ1) is 10.7. The van der Waals surface area contributed by atoms with Gasteiger partial charge in [-0.2, -0.15) is 0 Å². The summed E-state index contributed by atoms with van der Waals surface area (Å²) >= 11 is 1.26. The summed E-state index contributed by atoms with van der Waals surface area (Å²) in [6.45, 7) is 1.79.